The topological polar surface area (TPSA) is 77.4 Å². The third-order valence-electron chi connectivity index (χ3n) is 4.24. The van der Waals surface area contributed by atoms with Crippen LogP contribution < -0.4 is 18.9 Å². The van der Waals surface area contributed by atoms with E-state index >= 15 is 0 Å². The van der Waals surface area contributed by atoms with Gasteiger partial charge >= 0.3 is 0 Å². The Labute approximate surface area is 156 Å². The summed E-state index contributed by atoms with van der Waals surface area (Å²) in [5.41, 5.74) is 1.01. The van der Waals surface area contributed by atoms with Gasteiger partial charge in [-0.1, -0.05) is 0 Å². The third kappa shape index (κ3) is 2.29. The summed E-state index contributed by atoms with van der Waals surface area (Å²) in [6, 6.07) is 3.54. The first-order valence-corrected chi connectivity index (χ1v) is 9.80. The zero-order chi connectivity index (χ0) is 17.7. The smallest absolute Gasteiger partial charge is 0.180 e. The number of aromatic hydroxyl groups is 2. The molecule has 0 fully saturated rings. The predicted molar refractivity (Wildman–Crippen MR) is 98.4 cm³/mol. The number of rotatable bonds is 2. The van der Waals surface area contributed by atoms with Crippen molar-refractivity contribution in [1.29, 1.82) is 0 Å². The van der Waals surface area contributed by atoms with Gasteiger partial charge in [-0.3, -0.25) is 0 Å². The molecule has 0 atom stereocenters. The van der Waals surface area contributed by atoms with Crippen LogP contribution in [0, 0.1) is 0 Å². The van der Waals surface area contributed by atoms with Crippen LogP contribution in [0.15, 0.2) is 22.9 Å². The maximum absolute atomic E-state index is 10.6. The highest BCUT2D eigenvalue weighted by atomic mass is 32.1. The fourth-order valence-electron chi connectivity index (χ4n) is 3.04. The molecule has 2 aliphatic rings. The summed E-state index contributed by atoms with van der Waals surface area (Å²) in [6.07, 6.45) is 0. The van der Waals surface area contributed by atoms with Crippen molar-refractivity contribution in [3.63, 3.8) is 0 Å². The van der Waals surface area contributed by atoms with E-state index in [-0.39, 0.29) is 11.5 Å². The van der Waals surface area contributed by atoms with Crippen molar-refractivity contribution in [3.05, 3.63) is 22.9 Å². The molecule has 0 saturated heterocycles. The highest BCUT2D eigenvalue weighted by Gasteiger charge is 2.26. The molecule has 0 aliphatic carbocycles. The van der Waals surface area contributed by atoms with E-state index in [4.69, 9.17) is 18.9 Å². The van der Waals surface area contributed by atoms with Crippen molar-refractivity contribution in [1.82, 2.24) is 0 Å². The van der Waals surface area contributed by atoms with Gasteiger partial charge in [-0.2, -0.15) is 0 Å². The highest BCUT2D eigenvalue weighted by molar-refractivity contribution is 7.14. The standard InChI is InChI=1S/C18H14O6S2/c19-13-9(17-15-11(7-25-17)21-3-5-23-15)1-2-10(14(13)20)18-16-12(8-26-18)22-4-6-24-16/h1-2,7-8,19-20H,3-6H2. The first-order chi connectivity index (χ1) is 12.7. The molecule has 1 aromatic carbocycles. The van der Waals surface area contributed by atoms with Gasteiger partial charge in [0, 0.05) is 21.9 Å². The lowest BCUT2D eigenvalue weighted by Crippen LogP contribution is -2.14. The van der Waals surface area contributed by atoms with Crippen LogP contribution in [0.1, 0.15) is 0 Å². The Hall–Kier alpha value is -2.58. The minimum absolute atomic E-state index is 0.194. The normalized spacial score (nSPS) is 15.1. The Morgan fingerprint density at radius 2 is 1.08 bits per heavy atom. The molecule has 3 aromatic rings. The van der Waals surface area contributed by atoms with Crippen molar-refractivity contribution in [2.24, 2.45) is 0 Å². The van der Waals surface area contributed by atoms with Crippen molar-refractivity contribution in [3.8, 4) is 55.4 Å². The van der Waals surface area contributed by atoms with Gasteiger partial charge in [-0.05, 0) is 12.1 Å². The summed E-state index contributed by atoms with van der Waals surface area (Å²) >= 11 is 2.81. The fourth-order valence-corrected chi connectivity index (χ4v) is 4.96. The number of thiophene rings is 2. The van der Waals surface area contributed by atoms with Crippen LogP contribution in [0.4, 0.5) is 0 Å². The molecule has 0 amide bonds. The molecular formula is C18H14O6S2. The monoisotopic (exact) mass is 390 g/mol. The van der Waals surface area contributed by atoms with Crippen LogP contribution in [0.5, 0.6) is 34.5 Å². The first kappa shape index (κ1) is 15.7. The molecule has 2 aliphatic heterocycles. The van der Waals surface area contributed by atoms with Crippen LogP contribution in [-0.2, 0) is 0 Å². The number of benzene rings is 1. The first-order valence-electron chi connectivity index (χ1n) is 8.04. The Morgan fingerprint density at radius 3 is 1.54 bits per heavy atom. The summed E-state index contributed by atoms with van der Waals surface area (Å²) in [7, 11) is 0. The van der Waals surface area contributed by atoms with Gasteiger partial charge in [0.25, 0.3) is 0 Å². The van der Waals surface area contributed by atoms with Crippen LogP contribution in [0.3, 0.4) is 0 Å². The summed E-state index contributed by atoms with van der Waals surface area (Å²) in [5, 5.41) is 25.0. The van der Waals surface area contributed by atoms with E-state index in [1.54, 1.807) is 12.1 Å². The molecule has 0 spiro atoms. The largest absolute Gasteiger partial charge is 0.504 e. The second kappa shape index (κ2) is 6.00. The molecule has 0 radical (unpaired) electrons. The van der Waals surface area contributed by atoms with E-state index in [9.17, 15) is 10.2 Å². The van der Waals surface area contributed by atoms with E-state index in [1.165, 1.54) is 22.7 Å². The molecule has 2 N–H and O–H groups in total. The maximum atomic E-state index is 10.6. The maximum Gasteiger partial charge on any atom is 0.180 e. The summed E-state index contributed by atoms with van der Waals surface area (Å²) in [6.45, 7) is 1.93. The molecule has 0 bridgehead atoms. The lowest BCUT2D eigenvalue weighted by Gasteiger charge is -2.18. The number of phenols is 2. The Balaban J connectivity index is 1.60. The Bertz CT molecular complexity index is 911. The second-order valence-corrected chi connectivity index (χ2v) is 7.53. The highest BCUT2D eigenvalue weighted by Crippen LogP contribution is 2.54. The lowest BCUT2D eigenvalue weighted by molar-refractivity contribution is 0.174. The van der Waals surface area contributed by atoms with Crippen LogP contribution in [0.25, 0.3) is 20.9 Å². The zero-order valence-corrected chi connectivity index (χ0v) is 15.1. The van der Waals surface area contributed by atoms with Crippen molar-refractivity contribution < 1.29 is 29.2 Å². The zero-order valence-electron chi connectivity index (χ0n) is 13.5. The predicted octanol–water partition coefficient (Wildman–Crippen LogP) is 4.10. The molecule has 4 heterocycles. The van der Waals surface area contributed by atoms with Crippen LogP contribution >= 0.6 is 22.7 Å². The minimum atomic E-state index is -0.194. The van der Waals surface area contributed by atoms with Gasteiger partial charge in [0.1, 0.15) is 26.4 Å². The van der Waals surface area contributed by atoms with E-state index < -0.39 is 0 Å². The van der Waals surface area contributed by atoms with E-state index in [1.807, 2.05) is 10.8 Å². The molecule has 26 heavy (non-hydrogen) atoms. The summed E-state index contributed by atoms with van der Waals surface area (Å²) in [5.74, 6) is 2.15. The molecule has 134 valence electrons. The van der Waals surface area contributed by atoms with Gasteiger partial charge in [-0.25, -0.2) is 0 Å². The molecule has 0 saturated carbocycles. The van der Waals surface area contributed by atoms with E-state index in [0.29, 0.717) is 60.6 Å². The minimum Gasteiger partial charge on any atom is -0.504 e. The number of phenolic OH excluding ortho intramolecular Hbond substituents is 2. The van der Waals surface area contributed by atoms with E-state index in [2.05, 4.69) is 0 Å². The van der Waals surface area contributed by atoms with Crippen molar-refractivity contribution in [2.45, 2.75) is 0 Å². The van der Waals surface area contributed by atoms with Gasteiger partial charge in [-0.15, -0.1) is 22.7 Å². The number of hydrogen-bond donors (Lipinski definition) is 2. The number of ether oxygens (including phenoxy) is 4. The Morgan fingerprint density at radius 1 is 0.654 bits per heavy atom. The quantitative estimate of drug-likeness (QED) is 0.642. The molecular weight excluding hydrogens is 376 g/mol. The molecule has 5 rings (SSSR count). The fraction of sp³-hybridized carbons (Fsp3) is 0.222. The van der Waals surface area contributed by atoms with Crippen molar-refractivity contribution >= 4 is 22.7 Å². The average molecular weight is 390 g/mol. The molecule has 2 aromatic heterocycles. The van der Waals surface area contributed by atoms with Crippen LogP contribution in [-0.4, -0.2) is 36.6 Å². The number of hydrogen-bond acceptors (Lipinski definition) is 8. The van der Waals surface area contributed by atoms with Gasteiger partial charge in [0.2, 0.25) is 0 Å². The van der Waals surface area contributed by atoms with Gasteiger partial charge in [0.05, 0.1) is 9.75 Å². The van der Waals surface area contributed by atoms with Gasteiger partial charge in [0.15, 0.2) is 34.5 Å². The van der Waals surface area contributed by atoms with Crippen LogP contribution in [0.2, 0.25) is 0 Å². The summed E-state index contributed by atoms with van der Waals surface area (Å²) in [4.78, 5) is 1.46. The van der Waals surface area contributed by atoms with Crippen molar-refractivity contribution in [2.75, 3.05) is 26.4 Å². The second-order valence-electron chi connectivity index (χ2n) is 5.77. The lowest BCUT2D eigenvalue weighted by atomic mass is 10.0. The summed E-state index contributed by atoms with van der Waals surface area (Å²) < 4.78 is 22.5. The van der Waals surface area contributed by atoms with E-state index in [0.717, 1.165) is 9.75 Å². The number of fused-ring (bicyclic) bond motifs is 2. The average Bonchev–Trinajstić information content (AvgIpc) is 3.28. The molecule has 0 unspecified atom stereocenters. The van der Waals surface area contributed by atoms with Gasteiger partial charge < -0.3 is 29.2 Å². The molecule has 8 heteroatoms. The third-order valence-corrected chi connectivity index (χ3v) is 6.19. The SMILES string of the molecule is Oc1c(-c2scc3c2OCCO3)ccc(-c2scc3c2OCCO3)c1O. The Kier molecular flexibility index (Phi) is 3.61. The molecule has 6 nitrogen and oxygen atoms in total.